The van der Waals surface area contributed by atoms with E-state index in [1.54, 1.807) is 12.1 Å². The first-order chi connectivity index (χ1) is 13.9. The van der Waals surface area contributed by atoms with Gasteiger partial charge in [0, 0.05) is 6.07 Å². The Morgan fingerprint density at radius 1 is 1.17 bits per heavy atom. The summed E-state index contributed by atoms with van der Waals surface area (Å²) in [6.45, 7) is 0. The second-order valence-electron chi connectivity index (χ2n) is 6.35. The number of methoxy groups -OCH3 is 1. The summed E-state index contributed by atoms with van der Waals surface area (Å²) in [7, 11) is 1.40. The lowest BCUT2D eigenvalue weighted by Crippen LogP contribution is -2.14. The summed E-state index contributed by atoms with van der Waals surface area (Å²) in [5.41, 5.74) is -0.129. The molecule has 2 aromatic carbocycles. The predicted octanol–water partition coefficient (Wildman–Crippen LogP) is 3.83. The maximum Gasteiger partial charge on any atom is 0.314 e. The number of nitriles is 1. The molecular weight excluding hydrogens is 382 g/mol. The molecule has 8 heteroatoms. The van der Waals surface area contributed by atoms with Crippen molar-refractivity contribution in [2.75, 3.05) is 12.4 Å². The quantitative estimate of drug-likeness (QED) is 0.346. The topological polar surface area (TPSA) is 88.4 Å². The summed E-state index contributed by atoms with van der Waals surface area (Å²) in [5.74, 6) is -2.52. The monoisotopic (exact) mass is 398 g/mol. The van der Waals surface area contributed by atoms with Gasteiger partial charge in [-0.3, -0.25) is 9.59 Å². The van der Waals surface area contributed by atoms with Crippen LogP contribution in [0.5, 0.6) is 11.5 Å². The number of amides is 1. The predicted molar refractivity (Wildman–Crippen MR) is 99.9 cm³/mol. The van der Waals surface area contributed by atoms with Gasteiger partial charge in [-0.2, -0.15) is 5.26 Å². The van der Waals surface area contributed by atoms with Gasteiger partial charge < -0.3 is 14.8 Å². The molecule has 0 atom stereocenters. The van der Waals surface area contributed by atoms with Crippen LogP contribution in [0.2, 0.25) is 0 Å². The fourth-order valence-corrected chi connectivity index (χ4v) is 2.46. The third kappa shape index (κ3) is 4.96. The second kappa shape index (κ2) is 8.52. The van der Waals surface area contributed by atoms with Gasteiger partial charge in [0.2, 0.25) is 0 Å². The van der Waals surface area contributed by atoms with Crippen LogP contribution < -0.4 is 14.8 Å². The lowest BCUT2D eigenvalue weighted by atomic mass is 10.1. The van der Waals surface area contributed by atoms with E-state index in [0.29, 0.717) is 11.6 Å². The number of benzene rings is 2. The average molecular weight is 398 g/mol. The molecule has 3 rings (SSSR count). The Labute approximate surface area is 165 Å². The zero-order valence-electron chi connectivity index (χ0n) is 15.4. The number of halogens is 2. The Balaban J connectivity index is 1.79. The molecule has 0 aliphatic heterocycles. The van der Waals surface area contributed by atoms with Gasteiger partial charge in [0.05, 0.1) is 18.7 Å². The van der Waals surface area contributed by atoms with Gasteiger partial charge in [-0.1, -0.05) is 6.07 Å². The average Bonchev–Trinajstić information content (AvgIpc) is 3.54. The van der Waals surface area contributed by atoms with Crippen molar-refractivity contribution < 1.29 is 27.8 Å². The lowest BCUT2D eigenvalue weighted by molar-refractivity contribution is -0.135. The van der Waals surface area contributed by atoms with E-state index in [1.807, 2.05) is 0 Å². The first-order valence-electron chi connectivity index (χ1n) is 8.69. The fourth-order valence-electron chi connectivity index (χ4n) is 2.46. The molecule has 1 N–H and O–H groups in total. The standard InChI is InChI=1S/C21H16F2N2O4/c1-28-19-9-12(2-7-18(19)29-21(27)13-3-4-13)8-14(11-24)20(26)25-17-6-5-15(22)10-16(17)23/h2,5-10,13H,3-4H2,1H3,(H,25,26)/b14-8+. The Morgan fingerprint density at radius 2 is 1.93 bits per heavy atom. The van der Waals surface area contributed by atoms with Gasteiger partial charge >= 0.3 is 5.97 Å². The van der Waals surface area contributed by atoms with Crippen molar-refractivity contribution >= 4 is 23.6 Å². The Bertz CT molecular complexity index is 1040. The number of carbonyl (C=O) groups excluding carboxylic acids is 2. The molecule has 6 nitrogen and oxygen atoms in total. The van der Waals surface area contributed by atoms with Crippen LogP contribution in [-0.4, -0.2) is 19.0 Å². The Kier molecular flexibility index (Phi) is 5.88. The highest BCUT2D eigenvalue weighted by molar-refractivity contribution is 6.09. The number of hydrogen-bond acceptors (Lipinski definition) is 5. The normalized spacial score (nSPS) is 13.4. The van der Waals surface area contributed by atoms with Gasteiger partial charge in [-0.25, -0.2) is 8.78 Å². The lowest BCUT2D eigenvalue weighted by Gasteiger charge is -2.10. The Hall–Kier alpha value is -3.73. The number of anilines is 1. The SMILES string of the molecule is COc1cc(/C=C(\C#N)C(=O)Nc2ccc(F)cc2F)ccc1OC(=O)C1CC1. The van der Waals surface area contributed by atoms with E-state index in [0.717, 1.165) is 25.0 Å². The van der Waals surface area contributed by atoms with Crippen molar-refractivity contribution in [2.45, 2.75) is 12.8 Å². The van der Waals surface area contributed by atoms with Crippen LogP contribution in [0.3, 0.4) is 0 Å². The zero-order valence-corrected chi connectivity index (χ0v) is 15.4. The van der Waals surface area contributed by atoms with Gasteiger partial charge in [0.1, 0.15) is 23.3 Å². The molecule has 1 aliphatic rings. The van der Waals surface area contributed by atoms with Crippen LogP contribution >= 0.6 is 0 Å². The molecule has 1 fully saturated rings. The molecule has 0 saturated heterocycles. The van der Waals surface area contributed by atoms with E-state index in [2.05, 4.69) is 5.32 Å². The van der Waals surface area contributed by atoms with E-state index in [-0.39, 0.29) is 34.6 Å². The van der Waals surface area contributed by atoms with Crippen LogP contribution in [0.1, 0.15) is 18.4 Å². The third-order valence-electron chi connectivity index (χ3n) is 4.16. The van der Waals surface area contributed by atoms with E-state index in [4.69, 9.17) is 9.47 Å². The first-order valence-corrected chi connectivity index (χ1v) is 8.69. The molecular formula is C21H16F2N2O4. The van der Waals surface area contributed by atoms with Gasteiger partial charge in [-0.15, -0.1) is 0 Å². The van der Waals surface area contributed by atoms with Crippen molar-refractivity contribution in [2.24, 2.45) is 5.92 Å². The molecule has 0 aromatic heterocycles. The molecule has 0 unspecified atom stereocenters. The summed E-state index contributed by atoms with van der Waals surface area (Å²) in [6, 6.07) is 8.94. The number of hydrogen-bond donors (Lipinski definition) is 1. The molecule has 2 aromatic rings. The number of nitrogens with zero attached hydrogens (tertiary/aromatic N) is 1. The van der Waals surface area contributed by atoms with E-state index >= 15 is 0 Å². The number of carbonyl (C=O) groups is 2. The van der Waals surface area contributed by atoms with Crippen LogP contribution in [0.25, 0.3) is 6.08 Å². The number of nitrogens with one attached hydrogen (secondary N) is 1. The largest absolute Gasteiger partial charge is 0.493 e. The smallest absolute Gasteiger partial charge is 0.314 e. The summed E-state index contributed by atoms with van der Waals surface area (Å²) in [5, 5.41) is 11.5. The van der Waals surface area contributed by atoms with Crippen LogP contribution in [0.15, 0.2) is 42.0 Å². The summed E-state index contributed by atoms with van der Waals surface area (Å²) < 4.78 is 37.2. The van der Waals surface area contributed by atoms with Gasteiger partial charge in [0.25, 0.3) is 5.91 Å². The zero-order chi connectivity index (χ0) is 21.0. The number of esters is 1. The van der Waals surface area contributed by atoms with Crippen LogP contribution in [0, 0.1) is 28.9 Å². The van der Waals surface area contributed by atoms with Gasteiger partial charge in [0.15, 0.2) is 11.5 Å². The second-order valence-corrected chi connectivity index (χ2v) is 6.35. The van der Waals surface area contributed by atoms with E-state index < -0.39 is 17.5 Å². The molecule has 1 saturated carbocycles. The van der Waals surface area contributed by atoms with Crippen LogP contribution in [0.4, 0.5) is 14.5 Å². The molecule has 0 heterocycles. The molecule has 1 amide bonds. The highest BCUT2D eigenvalue weighted by Gasteiger charge is 2.32. The van der Waals surface area contributed by atoms with Crippen LogP contribution in [-0.2, 0) is 9.59 Å². The highest BCUT2D eigenvalue weighted by atomic mass is 19.1. The summed E-state index contributed by atoms with van der Waals surface area (Å²) >= 11 is 0. The number of ether oxygens (including phenoxy) is 2. The maximum absolute atomic E-state index is 13.7. The first kappa shape index (κ1) is 20.0. The molecule has 148 valence electrons. The van der Waals surface area contributed by atoms with Crippen molar-refractivity contribution in [3.63, 3.8) is 0 Å². The minimum Gasteiger partial charge on any atom is -0.493 e. The maximum atomic E-state index is 13.7. The molecule has 0 radical (unpaired) electrons. The number of rotatable bonds is 6. The molecule has 1 aliphatic carbocycles. The minimum absolute atomic E-state index is 0.0833. The summed E-state index contributed by atoms with van der Waals surface area (Å²) in [4.78, 5) is 24.1. The molecule has 29 heavy (non-hydrogen) atoms. The summed E-state index contributed by atoms with van der Waals surface area (Å²) in [6.07, 6.45) is 2.88. The molecule has 0 bridgehead atoms. The van der Waals surface area contributed by atoms with Crippen molar-refractivity contribution in [3.05, 3.63) is 59.2 Å². The van der Waals surface area contributed by atoms with Gasteiger partial charge in [-0.05, 0) is 48.7 Å². The van der Waals surface area contributed by atoms with Crippen molar-refractivity contribution in [3.8, 4) is 17.6 Å². The third-order valence-corrected chi connectivity index (χ3v) is 4.16. The van der Waals surface area contributed by atoms with E-state index in [1.165, 1.54) is 25.3 Å². The Morgan fingerprint density at radius 3 is 2.55 bits per heavy atom. The van der Waals surface area contributed by atoms with Crippen molar-refractivity contribution in [1.29, 1.82) is 5.26 Å². The van der Waals surface area contributed by atoms with Crippen molar-refractivity contribution in [1.82, 2.24) is 0 Å². The molecule has 0 spiro atoms. The van der Waals surface area contributed by atoms with E-state index in [9.17, 15) is 23.6 Å². The highest BCUT2D eigenvalue weighted by Crippen LogP contribution is 2.34. The minimum atomic E-state index is -0.959. The fraction of sp³-hybridized carbons (Fsp3) is 0.190.